The third-order valence-corrected chi connectivity index (χ3v) is 6.44. The van der Waals surface area contributed by atoms with Gasteiger partial charge in [-0.05, 0) is 51.0 Å². The Morgan fingerprint density at radius 1 is 1.32 bits per heavy atom. The number of allylic oxidation sites excluding steroid dienone is 3. The van der Waals surface area contributed by atoms with E-state index >= 15 is 0 Å². The first kappa shape index (κ1) is 28.5. The molecule has 0 amide bonds. The number of aliphatic hydroxyl groups excluding tert-OH is 1. The van der Waals surface area contributed by atoms with E-state index in [4.69, 9.17) is 9.84 Å². The van der Waals surface area contributed by atoms with Gasteiger partial charge in [0.2, 0.25) is 0 Å². The Balaban J connectivity index is 0.00000480. The van der Waals surface area contributed by atoms with Crippen LogP contribution in [0.25, 0.3) is 0 Å². The number of ether oxygens (including phenoxy) is 1. The molecule has 2 fully saturated rings. The topological polar surface area (TPSA) is 66.8 Å². The first-order chi connectivity index (χ1) is 14.0. The minimum absolute atomic E-state index is 0. The zero-order valence-corrected chi connectivity index (χ0v) is 20.5. The summed E-state index contributed by atoms with van der Waals surface area (Å²) in [4.78, 5) is 10.6. The Morgan fingerprint density at radius 3 is 2.58 bits per heavy atom. The van der Waals surface area contributed by atoms with Gasteiger partial charge in [0.25, 0.3) is 0 Å². The van der Waals surface area contributed by atoms with Crippen molar-refractivity contribution in [1.82, 2.24) is 0 Å². The Bertz CT molecular complexity index is 658. The first-order valence-electron chi connectivity index (χ1n) is 10.7. The number of hydrogen-bond donors (Lipinski definition) is 2. The number of alkyl halides is 4. The molecule has 1 saturated heterocycles. The second kappa shape index (κ2) is 12.1. The standard InChI is InChI=1S/C22H32F4O4.Na.H/c1-3-4-13-21(2,22(24,25)26)17(27)12-10-14-9-11-15-19(14)20(23)16(30-15)7-5-6-8-18(28)29;;/h7,10,12,14-15,17,19-20,27H,3-6,8-9,11,13H2,1-2H3,(H,28,29);;/q;+1;-1/b12-10+,16-7-;;/t14-,15+,17-,19-,20?,21?;;/m1../s1. The SMILES string of the molecule is CCCCC(C)([C@H](O)/C=C/[C@H]1CC[C@@H]2O/C(=C\CCCC(=O)O)C(F)[C@@H]21)C(F)(F)F.[H-].[Na+]. The van der Waals surface area contributed by atoms with Crippen molar-refractivity contribution in [3.63, 3.8) is 0 Å². The number of halogens is 4. The number of carbonyl (C=O) groups is 1. The molecule has 2 rings (SSSR count). The van der Waals surface area contributed by atoms with Crippen molar-refractivity contribution in [3.05, 3.63) is 24.0 Å². The fourth-order valence-electron chi connectivity index (χ4n) is 4.33. The zero-order valence-electron chi connectivity index (χ0n) is 19.5. The molecule has 0 aromatic carbocycles. The van der Waals surface area contributed by atoms with Gasteiger partial charge >= 0.3 is 41.7 Å². The van der Waals surface area contributed by atoms with E-state index < -0.39 is 35.8 Å². The van der Waals surface area contributed by atoms with E-state index in [2.05, 4.69) is 0 Å². The summed E-state index contributed by atoms with van der Waals surface area (Å²) >= 11 is 0. The molecule has 0 spiro atoms. The van der Waals surface area contributed by atoms with Crippen LogP contribution in [-0.4, -0.2) is 40.7 Å². The summed E-state index contributed by atoms with van der Waals surface area (Å²) in [6, 6.07) is 0. The number of carboxylic acids is 1. The maximum atomic E-state index is 14.9. The summed E-state index contributed by atoms with van der Waals surface area (Å²) in [6.07, 6.45) is -0.964. The van der Waals surface area contributed by atoms with Gasteiger partial charge in [-0.1, -0.05) is 31.9 Å². The monoisotopic (exact) mass is 460 g/mol. The molecule has 0 radical (unpaired) electrons. The van der Waals surface area contributed by atoms with Crippen LogP contribution in [0.5, 0.6) is 0 Å². The molecule has 9 heteroatoms. The van der Waals surface area contributed by atoms with E-state index in [1.165, 1.54) is 12.2 Å². The second-order valence-electron chi connectivity index (χ2n) is 8.62. The predicted octanol–water partition coefficient (Wildman–Crippen LogP) is 2.68. The van der Waals surface area contributed by atoms with E-state index in [9.17, 15) is 27.5 Å². The summed E-state index contributed by atoms with van der Waals surface area (Å²) in [7, 11) is 0. The Kier molecular flexibility index (Phi) is 11.1. The van der Waals surface area contributed by atoms with Gasteiger partial charge in [0.15, 0.2) is 6.17 Å². The second-order valence-corrected chi connectivity index (χ2v) is 8.62. The maximum Gasteiger partial charge on any atom is 1.00 e. The van der Waals surface area contributed by atoms with Crippen LogP contribution in [0.15, 0.2) is 24.0 Å². The van der Waals surface area contributed by atoms with Gasteiger partial charge in [-0.25, -0.2) is 4.39 Å². The van der Waals surface area contributed by atoms with Crippen LogP contribution in [-0.2, 0) is 9.53 Å². The molecule has 0 bridgehead atoms. The largest absolute Gasteiger partial charge is 1.00 e. The molecule has 1 aliphatic heterocycles. The third kappa shape index (κ3) is 6.95. The smallest absolute Gasteiger partial charge is 1.00 e. The number of fused-ring (bicyclic) bond motifs is 1. The quantitative estimate of drug-likeness (QED) is 0.228. The molecule has 4 nitrogen and oxygen atoms in total. The average molecular weight is 460 g/mol. The summed E-state index contributed by atoms with van der Waals surface area (Å²) < 4.78 is 61.3. The number of unbranched alkanes of at least 4 members (excludes halogenated alkanes) is 2. The molecule has 0 aromatic rings. The van der Waals surface area contributed by atoms with Crippen molar-refractivity contribution in [3.8, 4) is 0 Å². The molecule has 1 aliphatic carbocycles. The molecule has 1 heterocycles. The van der Waals surface area contributed by atoms with Gasteiger partial charge in [-0.15, -0.1) is 0 Å². The number of aliphatic carboxylic acids is 1. The van der Waals surface area contributed by atoms with Crippen LogP contribution in [0.1, 0.15) is 66.6 Å². The zero-order chi connectivity index (χ0) is 22.5. The summed E-state index contributed by atoms with van der Waals surface area (Å²) in [5.41, 5.74) is -2.24. The Hall–Kier alpha value is -0.570. The van der Waals surface area contributed by atoms with Crippen molar-refractivity contribution in [2.75, 3.05) is 0 Å². The van der Waals surface area contributed by atoms with E-state index in [1.54, 1.807) is 13.0 Å². The van der Waals surface area contributed by atoms with Crippen LogP contribution in [0.3, 0.4) is 0 Å². The molecule has 0 aromatic heterocycles. The number of hydrogen-bond acceptors (Lipinski definition) is 3. The van der Waals surface area contributed by atoms with Gasteiger partial charge in [0.1, 0.15) is 11.9 Å². The van der Waals surface area contributed by atoms with Crippen molar-refractivity contribution >= 4 is 5.97 Å². The third-order valence-electron chi connectivity index (χ3n) is 6.44. The van der Waals surface area contributed by atoms with Gasteiger partial charge in [-0.2, -0.15) is 13.2 Å². The molecule has 2 aliphatic rings. The molecule has 2 unspecified atom stereocenters. The Morgan fingerprint density at radius 2 is 2.00 bits per heavy atom. The number of carboxylic acid groups (broad SMARTS) is 1. The first-order valence-corrected chi connectivity index (χ1v) is 10.7. The van der Waals surface area contributed by atoms with Crippen molar-refractivity contribution in [2.24, 2.45) is 17.3 Å². The summed E-state index contributed by atoms with van der Waals surface area (Å²) in [5, 5.41) is 19.0. The molecule has 2 N–H and O–H groups in total. The van der Waals surface area contributed by atoms with E-state index in [-0.39, 0.29) is 61.6 Å². The van der Waals surface area contributed by atoms with E-state index in [0.29, 0.717) is 38.5 Å². The molecular weight excluding hydrogens is 427 g/mol. The van der Waals surface area contributed by atoms with E-state index in [0.717, 1.165) is 6.92 Å². The van der Waals surface area contributed by atoms with E-state index in [1.807, 2.05) is 0 Å². The normalized spacial score (nSPS) is 30.0. The maximum absolute atomic E-state index is 14.9. The van der Waals surface area contributed by atoms with Crippen molar-refractivity contribution < 1.29 is 68.3 Å². The predicted molar refractivity (Wildman–Crippen MR) is 105 cm³/mol. The minimum atomic E-state index is -4.55. The summed E-state index contributed by atoms with van der Waals surface area (Å²) in [5.74, 6) is -1.53. The van der Waals surface area contributed by atoms with Crippen LogP contribution in [0, 0.1) is 17.3 Å². The van der Waals surface area contributed by atoms with Crippen LogP contribution < -0.4 is 29.6 Å². The number of aliphatic hydroxyl groups is 1. The minimum Gasteiger partial charge on any atom is -1.00 e. The fourth-order valence-corrected chi connectivity index (χ4v) is 4.33. The van der Waals surface area contributed by atoms with Crippen molar-refractivity contribution in [2.45, 2.75) is 89.8 Å². The summed E-state index contributed by atoms with van der Waals surface area (Å²) in [6.45, 7) is 2.83. The molecule has 1 saturated carbocycles. The van der Waals surface area contributed by atoms with Gasteiger partial charge in [0, 0.05) is 12.3 Å². The van der Waals surface area contributed by atoms with Crippen LogP contribution in [0.4, 0.5) is 17.6 Å². The average Bonchev–Trinajstić information content (AvgIpc) is 3.20. The van der Waals surface area contributed by atoms with Gasteiger partial charge < -0.3 is 16.4 Å². The fraction of sp³-hybridized carbons (Fsp3) is 0.773. The molecule has 174 valence electrons. The van der Waals surface area contributed by atoms with Crippen LogP contribution >= 0.6 is 0 Å². The molecule has 31 heavy (non-hydrogen) atoms. The number of rotatable bonds is 10. The van der Waals surface area contributed by atoms with Crippen molar-refractivity contribution in [1.29, 1.82) is 0 Å². The van der Waals surface area contributed by atoms with Gasteiger partial charge in [-0.3, -0.25) is 4.79 Å². The molecular formula is C22H33F4NaO4. The van der Waals surface area contributed by atoms with Crippen LogP contribution in [0.2, 0.25) is 0 Å². The van der Waals surface area contributed by atoms with Gasteiger partial charge in [0.05, 0.1) is 11.5 Å². The molecule has 6 atom stereocenters. The Labute approximate surface area is 204 Å².